The highest BCUT2D eigenvalue weighted by Crippen LogP contribution is 2.13. The topological polar surface area (TPSA) is 26.0 Å². The number of hydrogen-bond donors (Lipinski definition) is 1. The van der Waals surface area contributed by atoms with Crippen molar-refractivity contribution in [3.63, 3.8) is 0 Å². The summed E-state index contributed by atoms with van der Waals surface area (Å²) in [5.74, 6) is 6.70. The highest BCUT2D eigenvalue weighted by atomic mass is 14.6. The molecular weight excluding hydrogens is 206 g/mol. The van der Waals surface area contributed by atoms with E-state index in [4.69, 9.17) is 5.73 Å². The van der Waals surface area contributed by atoms with E-state index in [2.05, 4.69) is 57.7 Å². The number of aryl methyl sites for hydroxylation is 2. The summed E-state index contributed by atoms with van der Waals surface area (Å²) in [6.07, 6.45) is 2.15. The fourth-order valence-corrected chi connectivity index (χ4v) is 1.71. The van der Waals surface area contributed by atoms with Crippen LogP contribution >= 0.6 is 0 Å². The Hall–Kier alpha value is -1.26. The molecule has 1 heteroatoms. The summed E-state index contributed by atoms with van der Waals surface area (Å²) < 4.78 is 0. The first-order valence-electron chi connectivity index (χ1n) is 6.47. The first-order chi connectivity index (χ1) is 8.08. The van der Waals surface area contributed by atoms with Gasteiger partial charge in [0.1, 0.15) is 0 Å². The molecule has 1 atom stereocenters. The van der Waals surface area contributed by atoms with Gasteiger partial charge in [-0.05, 0) is 42.0 Å². The van der Waals surface area contributed by atoms with E-state index in [1.165, 1.54) is 11.1 Å². The van der Waals surface area contributed by atoms with Crippen LogP contribution in [0.2, 0.25) is 0 Å². The minimum Gasteiger partial charge on any atom is -0.317 e. The Balaban J connectivity index is 2.93. The van der Waals surface area contributed by atoms with Crippen molar-refractivity contribution in [2.24, 2.45) is 11.7 Å². The van der Waals surface area contributed by atoms with Crippen molar-refractivity contribution in [2.75, 3.05) is 0 Å². The third-order valence-electron chi connectivity index (χ3n) is 3.07. The largest absolute Gasteiger partial charge is 0.317 e. The molecule has 1 nitrogen and oxygen atoms in total. The van der Waals surface area contributed by atoms with Crippen molar-refractivity contribution in [1.29, 1.82) is 0 Å². The van der Waals surface area contributed by atoms with Crippen LogP contribution < -0.4 is 5.73 Å². The van der Waals surface area contributed by atoms with Crippen molar-refractivity contribution >= 4 is 0 Å². The zero-order chi connectivity index (χ0) is 12.8. The molecule has 0 spiro atoms. The van der Waals surface area contributed by atoms with Crippen molar-refractivity contribution in [3.8, 4) is 11.8 Å². The molecule has 2 N–H and O–H groups in total. The first kappa shape index (κ1) is 13.8. The van der Waals surface area contributed by atoms with Crippen LogP contribution in [0.5, 0.6) is 0 Å². The Morgan fingerprint density at radius 1 is 1.12 bits per heavy atom. The molecule has 0 aromatic heterocycles. The lowest BCUT2D eigenvalue weighted by Gasteiger charge is -2.08. The molecule has 0 aliphatic heterocycles. The van der Waals surface area contributed by atoms with Gasteiger partial charge in [-0.1, -0.05) is 45.6 Å². The fourth-order valence-electron chi connectivity index (χ4n) is 1.71. The first-order valence-corrected chi connectivity index (χ1v) is 6.47. The fraction of sp³-hybridized carbons (Fsp3) is 0.500. The van der Waals surface area contributed by atoms with Crippen LogP contribution in [0.1, 0.15) is 44.4 Å². The van der Waals surface area contributed by atoms with E-state index < -0.39 is 0 Å². The van der Waals surface area contributed by atoms with Gasteiger partial charge in [-0.15, -0.1) is 0 Å². The molecule has 0 aliphatic carbocycles. The van der Waals surface area contributed by atoms with E-state index in [1.807, 2.05) is 0 Å². The van der Waals surface area contributed by atoms with E-state index in [0.29, 0.717) is 5.92 Å². The van der Waals surface area contributed by atoms with Crippen LogP contribution in [0.4, 0.5) is 0 Å². The Labute approximate surface area is 105 Å². The number of hydrogen-bond acceptors (Lipinski definition) is 1. The summed E-state index contributed by atoms with van der Waals surface area (Å²) in [5.41, 5.74) is 9.82. The number of benzene rings is 1. The molecule has 0 amide bonds. The second-order valence-corrected chi connectivity index (χ2v) is 4.73. The van der Waals surface area contributed by atoms with Gasteiger partial charge in [0.2, 0.25) is 0 Å². The van der Waals surface area contributed by atoms with Gasteiger partial charge >= 0.3 is 0 Å². The summed E-state index contributed by atoms with van der Waals surface area (Å²) >= 11 is 0. The van der Waals surface area contributed by atoms with Gasteiger partial charge in [-0.2, -0.15) is 0 Å². The molecular formula is C16H23N. The third-order valence-corrected chi connectivity index (χ3v) is 3.07. The highest BCUT2D eigenvalue weighted by Gasteiger charge is 2.03. The van der Waals surface area contributed by atoms with Gasteiger partial charge in [-0.25, -0.2) is 0 Å². The van der Waals surface area contributed by atoms with Crippen LogP contribution in [0.15, 0.2) is 18.2 Å². The standard InChI is InChI=1S/C16H23N/c1-5-14-9-7-13(11-15(14)6-2)8-10-16(17)12(3)4/h7,9,11-12,16H,5-6,17H2,1-4H3. The van der Waals surface area contributed by atoms with Gasteiger partial charge < -0.3 is 5.73 Å². The maximum Gasteiger partial charge on any atom is 0.0691 e. The molecule has 17 heavy (non-hydrogen) atoms. The maximum absolute atomic E-state index is 5.92. The second kappa shape index (κ2) is 6.47. The lowest BCUT2D eigenvalue weighted by atomic mass is 9.99. The molecule has 1 aromatic rings. The predicted molar refractivity (Wildman–Crippen MR) is 74.9 cm³/mol. The van der Waals surface area contributed by atoms with Crippen molar-refractivity contribution < 1.29 is 0 Å². The summed E-state index contributed by atoms with van der Waals surface area (Å²) in [6.45, 7) is 8.56. The lowest BCUT2D eigenvalue weighted by Crippen LogP contribution is -2.23. The van der Waals surface area contributed by atoms with Crippen LogP contribution in [-0.2, 0) is 12.8 Å². The highest BCUT2D eigenvalue weighted by molar-refractivity contribution is 5.41. The Kier molecular flexibility index (Phi) is 5.25. The van der Waals surface area contributed by atoms with Crippen molar-refractivity contribution in [3.05, 3.63) is 34.9 Å². The molecule has 0 saturated heterocycles. The maximum atomic E-state index is 5.92. The molecule has 1 rings (SSSR count). The van der Waals surface area contributed by atoms with Crippen LogP contribution in [0.3, 0.4) is 0 Å². The zero-order valence-electron chi connectivity index (χ0n) is 11.4. The summed E-state index contributed by atoms with van der Waals surface area (Å²) in [5, 5.41) is 0. The van der Waals surface area contributed by atoms with Crippen molar-refractivity contribution in [2.45, 2.75) is 46.6 Å². The SMILES string of the molecule is CCc1ccc(C#CC(N)C(C)C)cc1CC. The van der Waals surface area contributed by atoms with E-state index in [-0.39, 0.29) is 6.04 Å². The Bertz CT molecular complexity index is 421. The minimum atomic E-state index is -0.0362. The van der Waals surface area contributed by atoms with E-state index in [9.17, 15) is 0 Å². The van der Waals surface area contributed by atoms with Gasteiger partial charge in [0, 0.05) is 5.56 Å². The molecule has 0 bridgehead atoms. The average Bonchev–Trinajstić information content (AvgIpc) is 2.35. The van der Waals surface area contributed by atoms with Gasteiger partial charge in [0.25, 0.3) is 0 Å². The normalized spacial score (nSPS) is 12.1. The molecule has 0 aliphatic rings. The number of nitrogens with two attached hydrogens (primary N) is 1. The molecule has 0 radical (unpaired) electrons. The average molecular weight is 229 g/mol. The van der Waals surface area contributed by atoms with E-state index >= 15 is 0 Å². The molecule has 92 valence electrons. The zero-order valence-corrected chi connectivity index (χ0v) is 11.4. The predicted octanol–water partition coefficient (Wildman–Crippen LogP) is 3.15. The van der Waals surface area contributed by atoms with E-state index in [1.54, 1.807) is 0 Å². The molecule has 0 saturated carbocycles. The van der Waals surface area contributed by atoms with Crippen molar-refractivity contribution in [1.82, 2.24) is 0 Å². The number of rotatable bonds is 3. The van der Waals surface area contributed by atoms with Gasteiger partial charge in [0.05, 0.1) is 6.04 Å². The quantitative estimate of drug-likeness (QED) is 0.792. The van der Waals surface area contributed by atoms with Gasteiger partial charge in [0.15, 0.2) is 0 Å². The summed E-state index contributed by atoms with van der Waals surface area (Å²) in [4.78, 5) is 0. The van der Waals surface area contributed by atoms with Crippen LogP contribution in [-0.4, -0.2) is 6.04 Å². The molecule has 0 fully saturated rings. The van der Waals surface area contributed by atoms with Crippen LogP contribution in [0.25, 0.3) is 0 Å². The lowest BCUT2D eigenvalue weighted by molar-refractivity contribution is 0.584. The van der Waals surface area contributed by atoms with E-state index in [0.717, 1.165) is 18.4 Å². The monoisotopic (exact) mass is 229 g/mol. The molecule has 1 aromatic carbocycles. The Morgan fingerprint density at radius 3 is 2.29 bits per heavy atom. The van der Waals surface area contributed by atoms with Gasteiger partial charge in [-0.3, -0.25) is 0 Å². The minimum absolute atomic E-state index is 0.0362. The molecule has 0 heterocycles. The summed E-state index contributed by atoms with van der Waals surface area (Å²) in [7, 11) is 0. The summed E-state index contributed by atoms with van der Waals surface area (Å²) in [6, 6.07) is 6.44. The Morgan fingerprint density at radius 2 is 1.76 bits per heavy atom. The third kappa shape index (κ3) is 3.91. The molecule has 1 unspecified atom stereocenters. The smallest absolute Gasteiger partial charge is 0.0691 e. The second-order valence-electron chi connectivity index (χ2n) is 4.73. The van der Waals surface area contributed by atoms with Crippen LogP contribution in [0, 0.1) is 17.8 Å².